The fraction of sp³-hybridized carbons (Fsp3) is 0.467. The van der Waals surface area contributed by atoms with Gasteiger partial charge in [0.05, 0.1) is 0 Å². The number of para-hydroxylation sites is 2. The zero-order valence-corrected chi connectivity index (χ0v) is 12.4. The largest absolute Gasteiger partial charge is 0.423 e. The van der Waals surface area contributed by atoms with Crippen molar-refractivity contribution in [3.05, 3.63) is 24.3 Å². The lowest BCUT2D eigenvalue weighted by atomic mass is 10.3. The van der Waals surface area contributed by atoms with Gasteiger partial charge in [-0.3, -0.25) is 4.79 Å². The van der Waals surface area contributed by atoms with Gasteiger partial charge in [-0.05, 0) is 19.2 Å². The van der Waals surface area contributed by atoms with Crippen molar-refractivity contribution in [2.24, 2.45) is 0 Å². The van der Waals surface area contributed by atoms with Gasteiger partial charge in [-0.1, -0.05) is 19.1 Å². The molecule has 0 aromatic heterocycles. The monoisotopic (exact) mass is 292 g/mol. The summed E-state index contributed by atoms with van der Waals surface area (Å²) in [4.78, 5) is 27.3. The number of likely N-dealkylation sites (N-methyl/N-ethyl adjacent to an activating group) is 1. The molecule has 2 rings (SSSR count). The van der Waals surface area contributed by atoms with Gasteiger partial charge in [-0.15, -0.1) is 0 Å². The van der Waals surface area contributed by atoms with Crippen molar-refractivity contribution >= 4 is 12.1 Å². The molecule has 1 fully saturated rings. The third-order valence-electron chi connectivity index (χ3n) is 3.32. The summed E-state index contributed by atoms with van der Waals surface area (Å²) >= 11 is 0. The van der Waals surface area contributed by atoms with Gasteiger partial charge in [0, 0.05) is 32.6 Å². The van der Waals surface area contributed by atoms with E-state index >= 15 is 0 Å². The van der Waals surface area contributed by atoms with E-state index in [1.165, 1.54) is 0 Å². The molecule has 114 valence electrons. The number of carbonyl (C=O) groups is 2. The molecule has 0 aliphatic carbocycles. The molecule has 1 amide bonds. The van der Waals surface area contributed by atoms with Gasteiger partial charge in [0.25, 0.3) is 0 Å². The Labute approximate surface area is 124 Å². The second-order valence-electron chi connectivity index (χ2n) is 4.93. The van der Waals surface area contributed by atoms with E-state index in [-0.39, 0.29) is 23.9 Å². The van der Waals surface area contributed by atoms with Crippen molar-refractivity contribution in [2.45, 2.75) is 13.3 Å². The highest BCUT2D eigenvalue weighted by Gasteiger charge is 2.22. The average molecular weight is 292 g/mol. The maximum Gasteiger partial charge on any atom is 0.415 e. The lowest BCUT2D eigenvalue weighted by molar-refractivity contribution is -0.134. The van der Waals surface area contributed by atoms with Gasteiger partial charge in [0.15, 0.2) is 11.5 Å². The molecule has 1 heterocycles. The fourth-order valence-corrected chi connectivity index (χ4v) is 1.96. The summed E-state index contributed by atoms with van der Waals surface area (Å²) in [5.74, 6) is 0.174. The molecule has 21 heavy (non-hydrogen) atoms. The van der Waals surface area contributed by atoms with Crippen LogP contribution in [0.1, 0.15) is 13.3 Å². The van der Waals surface area contributed by atoms with Gasteiger partial charge in [-0.2, -0.15) is 0 Å². The van der Waals surface area contributed by atoms with E-state index in [1.54, 1.807) is 36.1 Å². The van der Waals surface area contributed by atoms with Crippen molar-refractivity contribution in [3.8, 4) is 11.5 Å². The number of carbonyl (C=O) groups excluding carboxylic acids is 2. The molecular formula is C15H20N2O4. The van der Waals surface area contributed by atoms with Crippen LogP contribution in [0.3, 0.4) is 0 Å². The van der Waals surface area contributed by atoms with Crippen molar-refractivity contribution in [2.75, 3.05) is 33.2 Å². The van der Waals surface area contributed by atoms with E-state index in [0.717, 1.165) is 13.1 Å². The number of hydrogen-bond acceptors (Lipinski definition) is 5. The number of amides is 1. The van der Waals surface area contributed by atoms with Crippen molar-refractivity contribution in [1.82, 2.24) is 9.80 Å². The topological polar surface area (TPSA) is 59.1 Å². The first-order valence-electron chi connectivity index (χ1n) is 7.05. The number of rotatable bonds is 3. The van der Waals surface area contributed by atoms with Gasteiger partial charge < -0.3 is 19.3 Å². The lowest BCUT2D eigenvalue weighted by Crippen LogP contribution is -2.48. The SMILES string of the molecule is CCC(=O)Oc1ccccc1OC(=O)N1CCN(C)CC1. The van der Waals surface area contributed by atoms with Crippen molar-refractivity contribution in [3.63, 3.8) is 0 Å². The highest BCUT2D eigenvalue weighted by molar-refractivity contribution is 5.75. The maximum atomic E-state index is 12.1. The molecule has 0 radical (unpaired) electrons. The van der Waals surface area contributed by atoms with Crippen LogP contribution < -0.4 is 9.47 Å². The van der Waals surface area contributed by atoms with Gasteiger partial charge >= 0.3 is 12.1 Å². The first-order valence-corrected chi connectivity index (χ1v) is 7.05. The predicted molar refractivity (Wildman–Crippen MR) is 77.5 cm³/mol. The summed E-state index contributed by atoms with van der Waals surface area (Å²) in [5.41, 5.74) is 0. The summed E-state index contributed by atoms with van der Waals surface area (Å²) in [5, 5.41) is 0. The molecule has 6 heteroatoms. The Balaban J connectivity index is 2.02. The Hall–Kier alpha value is -2.08. The molecule has 1 aliphatic rings. The van der Waals surface area contributed by atoms with Gasteiger partial charge in [0.1, 0.15) is 0 Å². The Bertz CT molecular complexity index is 510. The Morgan fingerprint density at radius 2 is 1.62 bits per heavy atom. The summed E-state index contributed by atoms with van der Waals surface area (Å²) < 4.78 is 10.5. The molecule has 0 saturated carbocycles. The third-order valence-corrected chi connectivity index (χ3v) is 3.32. The number of hydrogen-bond donors (Lipinski definition) is 0. The standard InChI is InChI=1S/C15H20N2O4/c1-3-14(18)20-12-6-4-5-7-13(12)21-15(19)17-10-8-16(2)9-11-17/h4-7H,3,8-11H2,1-2H3. The molecule has 1 saturated heterocycles. The van der Waals surface area contributed by atoms with Crippen LogP contribution >= 0.6 is 0 Å². The fourth-order valence-electron chi connectivity index (χ4n) is 1.96. The average Bonchev–Trinajstić information content (AvgIpc) is 2.49. The molecule has 1 aromatic carbocycles. The zero-order valence-electron chi connectivity index (χ0n) is 12.4. The Morgan fingerprint density at radius 3 is 2.19 bits per heavy atom. The highest BCUT2D eigenvalue weighted by atomic mass is 16.6. The van der Waals surface area contributed by atoms with E-state index in [1.807, 2.05) is 7.05 Å². The van der Waals surface area contributed by atoms with Gasteiger partial charge in [-0.25, -0.2) is 4.79 Å². The first kappa shape index (κ1) is 15.3. The Morgan fingerprint density at radius 1 is 1.05 bits per heavy atom. The van der Waals surface area contributed by atoms with Crippen LogP contribution in [-0.4, -0.2) is 55.1 Å². The molecular weight excluding hydrogens is 272 g/mol. The number of benzene rings is 1. The smallest absolute Gasteiger partial charge is 0.415 e. The number of nitrogens with zero attached hydrogens (tertiary/aromatic N) is 2. The second-order valence-corrected chi connectivity index (χ2v) is 4.93. The highest BCUT2D eigenvalue weighted by Crippen LogP contribution is 2.27. The molecule has 0 unspecified atom stereocenters. The molecule has 0 atom stereocenters. The van der Waals surface area contributed by atoms with Crippen LogP contribution in [0.15, 0.2) is 24.3 Å². The van der Waals surface area contributed by atoms with E-state index < -0.39 is 6.09 Å². The van der Waals surface area contributed by atoms with Gasteiger partial charge in [0.2, 0.25) is 0 Å². The second kappa shape index (κ2) is 7.08. The summed E-state index contributed by atoms with van der Waals surface area (Å²) in [6.07, 6.45) is -0.149. The van der Waals surface area contributed by atoms with Crippen molar-refractivity contribution < 1.29 is 19.1 Å². The molecule has 0 spiro atoms. The predicted octanol–water partition coefficient (Wildman–Crippen LogP) is 1.75. The van der Waals surface area contributed by atoms with E-state index in [0.29, 0.717) is 13.1 Å². The minimum atomic E-state index is -0.414. The summed E-state index contributed by atoms with van der Waals surface area (Å²) in [6.45, 7) is 4.61. The van der Waals surface area contributed by atoms with Crippen LogP contribution in [0.25, 0.3) is 0 Å². The summed E-state index contributed by atoms with van der Waals surface area (Å²) in [6, 6.07) is 6.69. The maximum absolute atomic E-state index is 12.1. The van der Waals surface area contributed by atoms with Crippen LogP contribution in [0.5, 0.6) is 11.5 Å². The number of esters is 1. The van der Waals surface area contributed by atoms with Crippen LogP contribution in [0.4, 0.5) is 4.79 Å². The quantitative estimate of drug-likeness (QED) is 0.627. The molecule has 6 nitrogen and oxygen atoms in total. The minimum absolute atomic E-state index is 0.265. The molecule has 1 aliphatic heterocycles. The van der Waals surface area contributed by atoms with Crippen LogP contribution in [-0.2, 0) is 4.79 Å². The zero-order chi connectivity index (χ0) is 15.2. The van der Waals surface area contributed by atoms with E-state index in [4.69, 9.17) is 9.47 Å². The molecule has 1 aromatic rings. The first-order chi connectivity index (χ1) is 10.1. The lowest BCUT2D eigenvalue weighted by Gasteiger charge is -2.31. The van der Waals surface area contributed by atoms with Crippen molar-refractivity contribution in [1.29, 1.82) is 0 Å². The number of piperazine rings is 1. The van der Waals surface area contributed by atoms with Crippen LogP contribution in [0.2, 0.25) is 0 Å². The van der Waals surface area contributed by atoms with E-state index in [9.17, 15) is 9.59 Å². The third kappa shape index (κ3) is 4.19. The molecule has 0 N–H and O–H groups in total. The van der Waals surface area contributed by atoms with Crippen LogP contribution in [0, 0.1) is 0 Å². The molecule has 0 bridgehead atoms. The Kier molecular flexibility index (Phi) is 5.16. The number of ether oxygens (including phenoxy) is 2. The minimum Gasteiger partial charge on any atom is -0.423 e. The summed E-state index contributed by atoms with van der Waals surface area (Å²) in [7, 11) is 2.02. The van der Waals surface area contributed by atoms with E-state index in [2.05, 4.69) is 4.90 Å². The normalized spacial score (nSPS) is 15.6.